The van der Waals surface area contributed by atoms with E-state index in [1.165, 1.54) is 5.56 Å². The van der Waals surface area contributed by atoms with Crippen molar-refractivity contribution >= 4 is 11.6 Å². The van der Waals surface area contributed by atoms with E-state index in [0.717, 1.165) is 28.4 Å². The zero-order valence-corrected chi connectivity index (χ0v) is 12.6. The molecular formula is C15H20ClN3. The van der Waals surface area contributed by atoms with Gasteiger partial charge in [-0.15, -0.1) is 0 Å². The first-order valence-electron chi connectivity index (χ1n) is 6.50. The largest absolute Gasteiger partial charge is 0.310 e. The highest BCUT2D eigenvalue weighted by Crippen LogP contribution is 2.29. The lowest BCUT2D eigenvalue weighted by Gasteiger charge is -2.12. The Hall–Kier alpha value is -1.32. The Morgan fingerprint density at radius 2 is 2.05 bits per heavy atom. The molecule has 3 nitrogen and oxygen atoms in total. The van der Waals surface area contributed by atoms with Crippen LogP contribution in [0.1, 0.15) is 25.1 Å². The highest BCUT2D eigenvalue weighted by atomic mass is 35.5. The van der Waals surface area contributed by atoms with Gasteiger partial charge in [0, 0.05) is 36.4 Å². The Morgan fingerprint density at radius 1 is 1.32 bits per heavy atom. The van der Waals surface area contributed by atoms with Crippen LogP contribution in [-0.4, -0.2) is 15.8 Å². The van der Waals surface area contributed by atoms with Crippen molar-refractivity contribution in [1.82, 2.24) is 15.1 Å². The minimum atomic E-state index is 0.457. The minimum absolute atomic E-state index is 0.457. The average Bonchev–Trinajstić information content (AvgIpc) is 2.66. The number of nitrogens with zero attached hydrogens (tertiary/aromatic N) is 2. The summed E-state index contributed by atoms with van der Waals surface area (Å²) in [6.07, 6.45) is 2.04. The molecule has 1 aromatic carbocycles. The summed E-state index contributed by atoms with van der Waals surface area (Å²) >= 11 is 6.14. The van der Waals surface area contributed by atoms with Crippen LogP contribution in [0.4, 0.5) is 0 Å². The maximum Gasteiger partial charge on any atom is 0.0672 e. The topological polar surface area (TPSA) is 29.9 Å². The van der Waals surface area contributed by atoms with Gasteiger partial charge >= 0.3 is 0 Å². The third-order valence-electron chi connectivity index (χ3n) is 3.08. The minimum Gasteiger partial charge on any atom is -0.310 e. The lowest BCUT2D eigenvalue weighted by Crippen LogP contribution is -2.22. The van der Waals surface area contributed by atoms with Crippen LogP contribution < -0.4 is 5.32 Å². The van der Waals surface area contributed by atoms with Crippen LogP contribution in [0.3, 0.4) is 0 Å². The number of hydrogen-bond donors (Lipinski definition) is 1. The van der Waals surface area contributed by atoms with Crippen LogP contribution in [0.25, 0.3) is 11.1 Å². The van der Waals surface area contributed by atoms with Crippen molar-refractivity contribution in [3.05, 3.63) is 40.7 Å². The summed E-state index contributed by atoms with van der Waals surface area (Å²) in [5, 5.41) is 8.61. The van der Waals surface area contributed by atoms with Gasteiger partial charge in [-0.3, -0.25) is 4.68 Å². The molecule has 0 fully saturated rings. The van der Waals surface area contributed by atoms with Crippen LogP contribution in [0.15, 0.2) is 24.4 Å². The van der Waals surface area contributed by atoms with E-state index in [1.807, 2.05) is 37.0 Å². The molecule has 0 aliphatic rings. The lowest BCUT2D eigenvalue weighted by molar-refractivity contribution is 0.589. The molecule has 0 bridgehead atoms. The Labute approximate surface area is 119 Å². The summed E-state index contributed by atoms with van der Waals surface area (Å²) in [5.74, 6) is 0. The summed E-state index contributed by atoms with van der Waals surface area (Å²) in [6.45, 7) is 7.14. The van der Waals surface area contributed by atoms with Crippen molar-refractivity contribution in [3.8, 4) is 11.1 Å². The Morgan fingerprint density at radius 3 is 2.63 bits per heavy atom. The van der Waals surface area contributed by atoms with E-state index in [2.05, 4.69) is 30.3 Å². The van der Waals surface area contributed by atoms with Crippen molar-refractivity contribution in [1.29, 1.82) is 0 Å². The van der Waals surface area contributed by atoms with Crippen molar-refractivity contribution in [3.63, 3.8) is 0 Å². The van der Waals surface area contributed by atoms with Gasteiger partial charge in [0.15, 0.2) is 0 Å². The van der Waals surface area contributed by atoms with Crippen LogP contribution in [0.2, 0.25) is 5.02 Å². The summed E-state index contributed by atoms with van der Waals surface area (Å²) in [6, 6.07) is 6.50. The van der Waals surface area contributed by atoms with Gasteiger partial charge in [-0.1, -0.05) is 31.5 Å². The molecule has 0 spiro atoms. The van der Waals surface area contributed by atoms with E-state index in [-0.39, 0.29) is 0 Å². The van der Waals surface area contributed by atoms with Crippen molar-refractivity contribution in [2.75, 3.05) is 0 Å². The quantitative estimate of drug-likeness (QED) is 0.926. The molecule has 2 rings (SSSR count). The first-order valence-corrected chi connectivity index (χ1v) is 6.87. The maximum atomic E-state index is 6.14. The smallest absolute Gasteiger partial charge is 0.0672 e. The van der Waals surface area contributed by atoms with E-state index >= 15 is 0 Å². The molecule has 0 amide bonds. The first-order chi connectivity index (χ1) is 8.97. The number of aromatic nitrogens is 2. The number of rotatable bonds is 4. The highest BCUT2D eigenvalue weighted by molar-refractivity contribution is 6.30. The Bertz CT molecular complexity index is 573. The van der Waals surface area contributed by atoms with E-state index in [0.29, 0.717) is 6.04 Å². The Balaban J connectivity index is 2.42. The molecule has 1 heterocycles. The third-order valence-corrected chi connectivity index (χ3v) is 3.31. The van der Waals surface area contributed by atoms with Gasteiger partial charge in [-0.25, -0.2) is 0 Å². The number of nitrogens with one attached hydrogen (secondary N) is 1. The fourth-order valence-electron chi connectivity index (χ4n) is 2.13. The molecule has 19 heavy (non-hydrogen) atoms. The zero-order chi connectivity index (χ0) is 14.0. The number of benzene rings is 1. The SMILES string of the molecule is Cc1nn(C)cc1-c1cc(Cl)ccc1CNC(C)C. The van der Waals surface area contributed by atoms with Crippen LogP contribution in [0, 0.1) is 6.92 Å². The second-order valence-corrected chi connectivity index (χ2v) is 5.58. The number of aryl methyl sites for hydroxylation is 2. The molecule has 102 valence electrons. The van der Waals surface area contributed by atoms with Gasteiger partial charge in [0.25, 0.3) is 0 Å². The predicted octanol–water partition coefficient (Wildman–Crippen LogP) is 3.55. The van der Waals surface area contributed by atoms with Crippen LogP contribution >= 0.6 is 11.6 Å². The number of hydrogen-bond acceptors (Lipinski definition) is 2. The summed E-state index contributed by atoms with van der Waals surface area (Å²) in [7, 11) is 1.94. The molecule has 1 N–H and O–H groups in total. The van der Waals surface area contributed by atoms with Crippen LogP contribution in [-0.2, 0) is 13.6 Å². The molecule has 0 aliphatic heterocycles. The monoisotopic (exact) mass is 277 g/mol. The van der Waals surface area contributed by atoms with E-state index < -0.39 is 0 Å². The third kappa shape index (κ3) is 3.37. The Kier molecular flexibility index (Phi) is 4.27. The normalized spacial score (nSPS) is 11.3. The standard InChI is InChI=1S/C15H20ClN3/c1-10(2)17-8-12-5-6-13(16)7-14(12)15-9-19(4)18-11(15)3/h5-7,9-10,17H,8H2,1-4H3. The van der Waals surface area contributed by atoms with Crippen molar-refractivity contribution < 1.29 is 0 Å². The second kappa shape index (κ2) is 5.76. The summed E-state index contributed by atoms with van der Waals surface area (Å²) in [4.78, 5) is 0. The molecule has 4 heteroatoms. The molecule has 0 atom stereocenters. The fraction of sp³-hybridized carbons (Fsp3) is 0.400. The van der Waals surface area contributed by atoms with Crippen molar-refractivity contribution in [2.45, 2.75) is 33.4 Å². The molecule has 1 aromatic heterocycles. The van der Waals surface area contributed by atoms with E-state index in [9.17, 15) is 0 Å². The predicted molar refractivity (Wildman–Crippen MR) is 80.4 cm³/mol. The molecule has 0 aliphatic carbocycles. The maximum absolute atomic E-state index is 6.14. The number of halogens is 1. The second-order valence-electron chi connectivity index (χ2n) is 5.14. The van der Waals surface area contributed by atoms with E-state index in [1.54, 1.807) is 0 Å². The summed E-state index contributed by atoms with van der Waals surface area (Å²) < 4.78 is 1.84. The lowest BCUT2D eigenvalue weighted by atomic mass is 10.00. The molecular weight excluding hydrogens is 258 g/mol. The average molecular weight is 278 g/mol. The molecule has 0 radical (unpaired) electrons. The van der Waals surface area contributed by atoms with Gasteiger partial charge in [-0.2, -0.15) is 5.10 Å². The first kappa shape index (κ1) is 14.1. The van der Waals surface area contributed by atoms with Crippen molar-refractivity contribution in [2.24, 2.45) is 7.05 Å². The van der Waals surface area contributed by atoms with Gasteiger partial charge in [0.1, 0.15) is 0 Å². The van der Waals surface area contributed by atoms with Crippen LogP contribution in [0.5, 0.6) is 0 Å². The molecule has 0 unspecified atom stereocenters. The van der Waals surface area contributed by atoms with Gasteiger partial charge < -0.3 is 5.32 Å². The highest BCUT2D eigenvalue weighted by Gasteiger charge is 2.11. The van der Waals surface area contributed by atoms with Gasteiger partial charge in [0.2, 0.25) is 0 Å². The summed E-state index contributed by atoms with van der Waals surface area (Å²) in [5.41, 5.74) is 4.57. The van der Waals surface area contributed by atoms with Gasteiger partial charge in [-0.05, 0) is 30.2 Å². The molecule has 0 saturated carbocycles. The molecule has 0 saturated heterocycles. The molecule has 2 aromatic rings. The zero-order valence-electron chi connectivity index (χ0n) is 11.9. The van der Waals surface area contributed by atoms with E-state index in [4.69, 9.17) is 11.6 Å². The fourth-order valence-corrected chi connectivity index (χ4v) is 2.30. The van der Waals surface area contributed by atoms with Gasteiger partial charge in [0.05, 0.1) is 5.69 Å².